The van der Waals surface area contributed by atoms with Gasteiger partial charge < -0.3 is 9.47 Å². The van der Waals surface area contributed by atoms with Gasteiger partial charge in [-0.3, -0.25) is 4.90 Å². The fourth-order valence-corrected chi connectivity index (χ4v) is 3.46. The number of ether oxygens (including phenoxy) is 2. The number of hydrogen-bond acceptors (Lipinski definition) is 3. The predicted molar refractivity (Wildman–Crippen MR) is 81.3 cm³/mol. The van der Waals surface area contributed by atoms with Gasteiger partial charge in [0, 0.05) is 24.7 Å². The van der Waals surface area contributed by atoms with Gasteiger partial charge in [0.2, 0.25) is 0 Å². The number of para-hydroxylation sites is 1. The van der Waals surface area contributed by atoms with E-state index in [2.05, 4.69) is 53.5 Å². The van der Waals surface area contributed by atoms with E-state index in [4.69, 9.17) is 9.47 Å². The molecule has 1 aromatic carbocycles. The van der Waals surface area contributed by atoms with Crippen LogP contribution in [0.2, 0.25) is 0 Å². The van der Waals surface area contributed by atoms with Crippen molar-refractivity contribution in [1.82, 2.24) is 4.90 Å². The highest BCUT2D eigenvalue weighted by Crippen LogP contribution is 2.31. The summed E-state index contributed by atoms with van der Waals surface area (Å²) in [5.74, 6) is 0.967. The van der Waals surface area contributed by atoms with Crippen LogP contribution in [0.3, 0.4) is 0 Å². The van der Waals surface area contributed by atoms with E-state index >= 15 is 0 Å². The lowest BCUT2D eigenvalue weighted by Crippen LogP contribution is -2.45. The fourth-order valence-electron chi connectivity index (χ4n) is 2.45. The molecular formula is C14H20INO2. The Kier molecular flexibility index (Phi) is 4.86. The summed E-state index contributed by atoms with van der Waals surface area (Å²) in [5.41, 5.74) is 1.25. The molecule has 0 aromatic heterocycles. The standard InChI is InChI=1S/C14H20INO2/c1-10-8-16(9-14(15)18-10)11(2)12-6-4-5-7-13(12)17-3/h4-7,10-11,14H,8-9H2,1-3H3. The van der Waals surface area contributed by atoms with E-state index in [9.17, 15) is 0 Å². The monoisotopic (exact) mass is 361 g/mol. The fraction of sp³-hybridized carbons (Fsp3) is 0.571. The normalized spacial score (nSPS) is 26.9. The number of nitrogens with zero attached hydrogens (tertiary/aromatic N) is 1. The van der Waals surface area contributed by atoms with Gasteiger partial charge in [0.1, 0.15) is 9.86 Å². The van der Waals surface area contributed by atoms with Crippen molar-refractivity contribution in [3.05, 3.63) is 29.8 Å². The Morgan fingerprint density at radius 1 is 1.39 bits per heavy atom. The van der Waals surface area contributed by atoms with E-state index < -0.39 is 0 Å². The molecule has 3 atom stereocenters. The zero-order valence-electron chi connectivity index (χ0n) is 11.1. The average Bonchev–Trinajstić information content (AvgIpc) is 2.36. The van der Waals surface area contributed by atoms with Gasteiger partial charge in [-0.2, -0.15) is 0 Å². The minimum atomic E-state index is 0.267. The molecule has 1 aromatic rings. The third kappa shape index (κ3) is 3.16. The molecule has 18 heavy (non-hydrogen) atoms. The minimum absolute atomic E-state index is 0.267. The van der Waals surface area contributed by atoms with Crippen molar-refractivity contribution in [3.8, 4) is 5.75 Å². The van der Waals surface area contributed by atoms with Crippen LogP contribution in [-0.4, -0.2) is 35.3 Å². The van der Waals surface area contributed by atoms with Gasteiger partial charge >= 0.3 is 0 Å². The van der Waals surface area contributed by atoms with Crippen LogP contribution in [0.25, 0.3) is 0 Å². The van der Waals surface area contributed by atoms with Crippen LogP contribution < -0.4 is 4.74 Å². The summed E-state index contributed by atoms with van der Waals surface area (Å²) < 4.78 is 11.5. The summed E-state index contributed by atoms with van der Waals surface area (Å²) in [4.78, 5) is 2.46. The number of morpholine rings is 1. The maximum absolute atomic E-state index is 5.77. The third-order valence-corrected chi connectivity index (χ3v) is 4.07. The quantitative estimate of drug-likeness (QED) is 0.610. The molecule has 0 bridgehead atoms. The van der Waals surface area contributed by atoms with Gasteiger partial charge in [-0.05, 0) is 42.5 Å². The van der Waals surface area contributed by atoms with E-state index in [1.54, 1.807) is 7.11 Å². The smallest absolute Gasteiger partial charge is 0.123 e. The number of hydrogen-bond donors (Lipinski definition) is 0. The van der Waals surface area contributed by atoms with Crippen LogP contribution in [0.4, 0.5) is 0 Å². The molecule has 1 fully saturated rings. The van der Waals surface area contributed by atoms with E-state index in [1.807, 2.05) is 12.1 Å². The molecule has 0 amide bonds. The first-order valence-electron chi connectivity index (χ1n) is 6.28. The summed E-state index contributed by atoms with van der Waals surface area (Å²) in [5, 5.41) is 0. The molecule has 4 heteroatoms. The van der Waals surface area contributed by atoms with Crippen molar-refractivity contribution in [2.24, 2.45) is 0 Å². The maximum atomic E-state index is 5.77. The second-order valence-electron chi connectivity index (χ2n) is 4.73. The average molecular weight is 361 g/mol. The zero-order chi connectivity index (χ0) is 13.1. The molecule has 1 heterocycles. The Balaban J connectivity index is 2.17. The highest BCUT2D eigenvalue weighted by Gasteiger charge is 2.28. The molecule has 2 rings (SSSR count). The van der Waals surface area contributed by atoms with E-state index in [1.165, 1.54) is 5.56 Å². The summed E-state index contributed by atoms with van der Waals surface area (Å²) in [6, 6.07) is 8.60. The topological polar surface area (TPSA) is 21.7 Å². The predicted octanol–water partition coefficient (Wildman–Crippen LogP) is 3.24. The second kappa shape index (κ2) is 6.21. The van der Waals surface area contributed by atoms with Crippen LogP contribution in [0.15, 0.2) is 24.3 Å². The van der Waals surface area contributed by atoms with Crippen molar-refractivity contribution in [2.45, 2.75) is 30.1 Å². The Labute approximate surface area is 123 Å². The lowest BCUT2D eigenvalue weighted by atomic mass is 10.0. The molecule has 0 saturated carbocycles. The Morgan fingerprint density at radius 2 is 2.11 bits per heavy atom. The number of methoxy groups -OCH3 is 1. The Morgan fingerprint density at radius 3 is 2.78 bits per heavy atom. The number of alkyl halides is 1. The lowest BCUT2D eigenvalue weighted by Gasteiger charge is -2.38. The van der Waals surface area contributed by atoms with Gasteiger partial charge in [0.25, 0.3) is 0 Å². The number of benzene rings is 1. The summed E-state index contributed by atoms with van der Waals surface area (Å²) in [7, 11) is 1.73. The molecule has 1 saturated heterocycles. The van der Waals surface area contributed by atoms with Gasteiger partial charge in [-0.1, -0.05) is 18.2 Å². The molecule has 100 valence electrons. The molecule has 3 nitrogen and oxygen atoms in total. The molecule has 0 N–H and O–H groups in total. The number of halogens is 1. The largest absolute Gasteiger partial charge is 0.496 e. The highest BCUT2D eigenvalue weighted by molar-refractivity contribution is 14.1. The highest BCUT2D eigenvalue weighted by atomic mass is 127. The van der Waals surface area contributed by atoms with Crippen LogP contribution in [-0.2, 0) is 4.74 Å². The molecule has 1 aliphatic heterocycles. The van der Waals surface area contributed by atoms with Crippen molar-refractivity contribution in [3.63, 3.8) is 0 Å². The molecule has 1 aliphatic rings. The zero-order valence-corrected chi connectivity index (χ0v) is 13.3. The van der Waals surface area contributed by atoms with Crippen LogP contribution in [0.5, 0.6) is 5.75 Å². The summed E-state index contributed by atoms with van der Waals surface area (Å²) >= 11 is 2.36. The van der Waals surface area contributed by atoms with Gasteiger partial charge in [-0.15, -0.1) is 0 Å². The molecule has 0 radical (unpaired) electrons. The molecule has 3 unspecified atom stereocenters. The molecule has 0 spiro atoms. The van der Waals surface area contributed by atoms with Crippen LogP contribution in [0, 0.1) is 0 Å². The van der Waals surface area contributed by atoms with Crippen molar-refractivity contribution < 1.29 is 9.47 Å². The Hall–Kier alpha value is -0.330. The van der Waals surface area contributed by atoms with E-state index in [-0.39, 0.29) is 10.2 Å². The Bertz CT molecular complexity index is 389. The van der Waals surface area contributed by atoms with Gasteiger partial charge in [0.05, 0.1) is 13.2 Å². The first-order valence-corrected chi connectivity index (χ1v) is 7.53. The van der Waals surface area contributed by atoms with Crippen molar-refractivity contribution >= 4 is 22.6 Å². The van der Waals surface area contributed by atoms with Gasteiger partial charge in [0.15, 0.2) is 0 Å². The summed E-state index contributed by atoms with van der Waals surface area (Å²) in [6.07, 6.45) is 0.290. The van der Waals surface area contributed by atoms with Gasteiger partial charge in [-0.25, -0.2) is 0 Å². The molecule has 0 aliphatic carbocycles. The third-order valence-electron chi connectivity index (χ3n) is 3.39. The maximum Gasteiger partial charge on any atom is 0.123 e. The SMILES string of the molecule is COc1ccccc1C(C)N1CC(C)OC(I)C1. The van der Waals surface area contributed by atoms with E-state index in [0.717, 1.165) is 18.8 Å². The number of rotatable bonds is 3. The lowest BCUT2D eigenvalue weighted by molar-refractivity contribution is -0.0416. The molecular weight excluding hydrogens is 341 g/mol. The minimum Gasteiger partial charge on any atom is -0.496 e. The van der Waals surface area contributed by atoms with E-state index in [0.29, 0.717) is 6.04 Å². The van der Waals surface area contributed by atoms with Crippen LogP contribution in [0.1, 0.15) is 25.5 Å². The van der Waals surface area contributed by atoms with Crippen molar-refractivity contribution in [1.29, 1.82) is 0 Å². The first-order chi connectivity index (χ1) is 8.61. The first kappa shape index (κ1) is 14.1. The summed E-state index contributed by atoms with van der Waals surface area (Å²) in [6.45, 7) is 6.30. The second-order valence-corrected chi connectivity index (χ2v) is 6.12. The van der Waals surface area contributed by atoms with Crippen LogP contribution >= 0.6 is 22.6 Å². The van der Waals surface area contributed by atoms with Crippen molar-refractivity contribution in [2.75, 3.05) is 20.2 Å².